The molecule has 0 saturated heterocycles. The number of hydrogen-bond acceptors (Lipinski definition) is 6. The standard InChI is InChI=1S/C18H14BrN3O2S/c1-24-17(23)16-15(12-7-3-2-4-8-12)21-18(25-16)22-20-11-13-9-5-6-10-14(13)19/h2-11H,1H3,(H,21,22)/b20-11-. The number of halogens is 1. The van der Waals surface area contributed by atoms with Crippen LogP contribution in [0.2, 0.25) is 0 Å². The fourth-order valence-electron chi connectivity index (χ4n) is 2.13. The maximum atomic E-state index is 12.0. The molecule has 1 aromatic heterocycles. The van der Waals surface area contributed by atoms with Gasteiger partial charge in [-0.3, -0.25) is 5.43 Å². The number of nitrogens with zero attached hydrogens (tertiary/aromatic N) is 2. The van der Waals surface area contributed by atoms with Gasteiger partial charge in [0.05, 0.1) is 19.0 Å². The number of benzene rings is 2. The number of thiazole rings is 1. The highest BCUT2D eigenvalue weighted by atomic mass is 79.9. The fourth-order valence-corrected chi connectivity index (χ4v) is 3.37. The Hall–Kier alpha value is -2.51. The SMILES string of the molecule is COC(=O)c1sc(N/N=C\c2ccccc2Br)nc1-c1ccccc1. The molecule has 5 nitrogen and oxygen atoms in total. The Morgan fingerprint density at radius 3 is 2.64 bits per heavy atom. The van der Waals surface area contributed by atoms with E-state index in [9.17, 15) is 4.79 Å². The highest BCUT2D eigenvalue weighted by molar-refractivity contribution is 9.10. The first-order valence-corrected chi connectivity index (χ1v) is 8.98. The minimum Gasteiger partial charge on any atom is -0.465 e. The Morgan fingerprint density at radius 1 is 1.20 bits per heavy atom. The number of ether oxygens (including phenoxy) is 1. The normalized spacial score (nSPS) is 10.8. The van der Waals surface area contributed by atoms with Crippen LogP contribution in [0.25, 0.3) is 11.3 Å². The van der Waals surface area contributed by atoms with Gasteiger partial charge in [0.15, 0.2) is 0 Å². The van der Waals surface area contributed by atoms with Gasteiger partial charge in [-0.25, -0.2) is 9.78 Å². The Morgan fingerprint density at radius 2 is 1.92 bits per heavy atom. The van der Waals surface area contributed by atoms with E-state index in [0.717, 1.165) is 15.6 Å². The molecule has 0 atom stereocenters. The molecule has 1 heterocycles. The number of carbonyl (C=O) groups excluding carboxylic acids is 1. The van der Waals surface area contributed by atoms with Crippen LogP contribution in [-0.2, 0) is 4.74 Å². The van der Waals surface area contributed by atoms with Crippen LogP contribution in [0.5, 0.6) is 0 Å². The lowest BCUT2D eigenvalue weighted by Gasteiger charge is -1.99. The Labute approximate surface area is 157 Å². The molecule has 0 saturated carbocycles. The smallest absolute Gasteiger partial charge is 0.350 e. The van der Waals surface area contributed by atoms with Gasteiger partial charge < -0.3 is 4.74 Å². The summed E-state index contributed by atoms with van der Waals surface area (Å²) in [5.41, 5.74) is 5.24. The lowest BCUT2D eigenvalue weighted by atomic mass is 10.1. The second kappa shape index (κ2) is 8.04. The summed E-state index contributed by atoms with van der Waals surface area (Å²) < 4.78 is 5.80. The molecular weight excluding hydrogens is 402 g/mol. The molecule has 0 amide bonds. The van der Waals surface area contributed by atoms with Crippen molar-refractivity contribution in [2.45, 2.75) is 0 Å². The molecular formula is C18H14BrN3O2S. The van der Waals surface area contributed by atoms with Gasteiger partial charge in [0.2, 0.25) is 5.13 Å². The third kappa shape index (κ3) is 4.12. The van der Waals surface area contributed by atoms with Crippen LogP contribution >= 0.6 is 27.3 Å². The maximum Gasteiger partial charge on any atom is 0.350 e. The zero-order chi connectivity index (χ0) is 17.6. The number of methoxy groups -OCH3 is 1. The summed E-state index contributed by atoms with van der Waals surface area (Å²) in [6.07, 6.45) is 1.69. The highest BCUT2D eigenvalue weighted by Crippen LogP contribution is 2.31. The highest BCUT2D eigenvalue weighted by Gasteiger charge is 2.19. The van der Waals surface area contributed by atoms with E-state index in [2.05, 4.69) is 31.4 Å². The first-order valence-electron chi connectivity index (χ1n) is 7.37. The van der Waals surface area contributed by atoms with Crippen molar-refractivity contribution in [2.24, 2.45) is 5.10 Å². The average Bonchev–Trinajstić information content (AvgIpc) is 3.07. The molecule has 0 aliphatic heterocycles. The quantitative estimate of drug-likeness (QED) is 0.369. The lowest BCUT2D eigenvalue weighted by molar-refractivity contribution is 0.0607. The second-order valence-corrected chi connectivity index (χ2v) is 6.80. The summed E-state index contributed by atoms with van der Waals surface area (Å²) in [6.45, 7) is 0. The van der Waals surface area contributed by atoms with E-state index in [0.29, 0.717) is 15.7 Å². The van der Waals surface area contributed by atoms with Crippen LogP contribution < -0.4 is 5.43 Å². The van der Waals surface area contributed by atoms with Crippen molar-refractivity contribution in [1.82, 2.24) is 4.98 Å². The van der Waals surface area contributed by atoms with E-state index in [1.54, 1.807) is 6.21 Å². The van der Waals surface area contributed by atoms with Crippen molar-refractivity contribution < 1.29 is 9.53 Å². The molecule has 3 rings (SSSR count). The third-order valence-corrected chi connectivity index (χ3v) is 4.98. The van der Waals surface area contributed by atoms with Crippen LogP contribution in [0.3, 0.4) is 0 Å². The molecule has 25 heavy (non-hydrogen) atoms. The van der Waals surface area contributed by atoms with E-state index in [-0.39, 0.29) is 0 Å². The minimum atomic E-state index is -0.417. The van der Waals surface area contributed by atoms with Gasteiger partial charge in [0, 0.05) is 15.6 Å². The molecule has 0 fully saturated rings. The average molecular weight is 416 g/mol. The number of rotatable bonds is 5. The number of esters is 1. The topological polar surface area (TPSA) is 63.6 Å². The molecule has 7 heteroatoms. The van der Waals surface area contributed by atoms with E-state index in [1.807, 2.05) is 54.6 Å². The number of hydrazone groups is 1. The first kappa shape index (κ1) is 17.3. The zero-order valence-corrected chi connectivity index (χ0v) is 15.7. The van der Waals surface area contributed by atoms with Gasteiger partial charge >= 0.3 is 5.97 Å². The van der Waals surface area contributed by atoms with Gasteiger partial charge in [-0.15, -0.1) is 0 Å². The molecule has 0 aliphatic carbocycles. The van der Waals surface area contributed by atoms with Crippen molar-refractivity contribution in [3.63, 3.8) is 0 Å². The molecule has 2 aromatic carbocycles. The first-order chi connectivity index (χ1) is 12.2. The molecule has 0 spiro atoms. The third-order valence-electron chi connectivity index (χ3n) is 3.31. The summed E-state index contributed by atoms with van der Waals surface area (Å²) >= 11 is 4.67. The molecule has 3 aromatic rings. The molecule has 0 bridgehead atoms. The van der Waals surface area contributed by atoms with Crippen LogP contribution in [0, 0.1) is 0 Å². The van der Waals surface area contributed by atoms with E-state index in [1.165, 1.54) is 18.4 Å². The summed E-state index contributed by atoms with van der Waals surface area (Å²) in [5.74, 6) is -0.417. The fraction of sp³-hybridized carbons (Fsp3) is 0.0556. The number of carbonyl (C=O) groups is 1. The summed E-state index contributed by atoms with van der Waals surface area (Å²) in [7, 11) is 1.36. The van der Waals surface area contributed by atoms with Crippen molar-refractivity contribution in [1.29, 1.82) is 0 Å². The summed E-state index contributed by atoms with van der Waals surface area (Å²) in [4.78, 5) is 17.0. The van der Waals surface area contributed by atoms with E-state index < -0.39 is 5.97 Å². The predicted octanol–water partition coefficient (Wildman–Crippen LogP) is 4.81. The Balaban J connectivity index is 1.86. The molecule has 1 N–H and O–H groups in total. The summed E-state index contributed by atoms with van der Waals surface area (Å²) in [6, 6.07) is 17.2. The second-order valence-electron chi connectivity index (χ2n) is 4.95. The maximum absolute atomic E-state index is 12.0. The van der Waals surface area contributed by atoms with Crippen LogP contribution in [0.15, 0.2) is 64.2 Å². The number of hydrogen-bond donors (Lipinski definition) is 1. The number of aromatic nitrogens is 1. The summed E-state index contributed by atoms with van der Waals surface area (Å²) in [5, 5.41) is 4.71. The molecule has 0 radical (unpaired) electrons. The molecule has 126 valence electrons. The minimum absolute atomic E-state index is 0.417. The van der Waals surface area contributed by atoms with Crippen LogP contribution in [0.1, 0.15) is 15.2 Å². The van der Waals surface area contributed by atoms with E-state index >= 15 is 0 Å². The molecule has 0 aliphatic rings. The van der Waals surface area contributed by atoms with Crippen LogP contribution in [-0.4, -0.2) is 24.3 Å². The van der Waals surface area contributed by atoms with Crippen molar-refractivity contribution in [3.8, 4) is 11.3 Å². The molecule has 0 unspecified atom stereocenters. The van der Waals surface area contributed by atoms with E-state index in [4.69, 9.17) is 4.74 Å². The monoisotopic (exact) mass is 415 g/mol. The zero-order valence-electron chi connectivity index (χ0n) is 13.3. The van der Waals surface area contributed by atoms with Crippen LogP contribution in [0.4, 0.5) is 5.13 Å². The van der Waals surface area contributed by atoms with Gasteiger partial charge in [-0.2, -0.15) is 5.10 Å². The van der Waals surface area contributed by atoms with Crippen molar-refractivity contribution in [3.05, 3.63) is 69.5 Å². The largest absolute Gasteiger partial charge is 0.465 e. The van der Waals surface area contributed by atoms with Gasteiger partial charge in [0.1, 0.15) is 4.88 Å². The van der Waals surface area contributed by atoms with Crippen molar-refractivity contribution >= 4 is 44.6 Å². The predicted molar refractivity (Wildman–Crippen MR) is 104 cm³/mol. The Kier molecular flexibility index (Phi) is 5.57. The lowest BCUT2D eigenvalue weighted by Crippen LogP contribution is -2.00. The number of nitrogens with one attached hydrogen (secondary N) is 1. The number of anilines is 1. The van der Waals surface area contributed by atoms with Gasteiger partial charge in [-0.05, 0) is 6.07 Å². The van der Waals surface area contributed by atoms with Crippen molar-refractivity contribution in [2.75, 3.05) is 12.5 Å². The van der Waals surface area contributed by atoms with Gasteiger partial charge in [-0.1, -0.05) is 75.8 Å². The Bertz CT molecular complexity index is 910. The van der Waals surface area contributed by atoms with Gasteiger partial charge in [0.25, 0.3) is 0 Å².